The van der Waals surface area contributed by atoms with E-state index in [0.29, 0.717) is 16.8 Å². The lowest BCUT2D eigenvalue weighted by atomic mass is 10.1. The van der Waals surface area contributed by atoms with Gasteiger partial charge in [-0.3, -0.25) is 4.79 Å². The normalized spacial score (nSPS) is 16.1. The van der Waals surface area contributed by atoms with E-state index in [9.17, 15) is 4.79 Å². The van der Waals surface area contributed by atoms with Crippen LogP contribution in [0.4, 0.5) is 0 Å². The monoisotopic (exact) mass is 276 g/mol. The van der Waals surface area contributed by atoms with Crippen LogP contribution in [0.25, 0.3) is 10.9 Å². The first-order valence-corrected chi connectivity index (χ1v) is 7.11. The molecule has 0 spiro atoms. The van der Waals surface area contributed by atoms with Gasteiger partial charge in [0.1, 0.15) is 5.69 Å². The van der Waals surface area contributed by atoms with E-state index < -0.39 is 0 Å². The van der Waals surface area contributed by atoms with Crippen LogP contribution in [0, 0.1) is 6.92 Å². The average molecular weight is 277 g/mol. The smallest absolute Gasteiger partial charge is 0.268 e. The van der Waals surface area contributed by atoms with Crippen LogP contribution in [0.15, 0.2) is 18.2 Å². The molecule has 1 aromatic carbocycles. The molecule has 1 aliphatic carbocycles. The Morgan fingerprint density at radius 1 is 1.37 bits per heavy atom. The third-order valence-corrected chi connectivity index (χ3v) is 4.17. The summed E-state index contributed by atoms with van der Waals surface area (Å²) in [5.41, 5.74) is 2.58. The maximum absolute atomic E-state index is 12.3. The van der Waals surface area contributed by atoms with E-state index in [1.807, 2.05) is 25.1 Å². The molecule has 0 unspecified atom stereocenters. The summed E-state index contributed by atoms with van der Waals surface area (Å²) in [4.78, 5) is 15.5. The fraction of sp³-hybridized carbons (Fsp3) is 0.400. The summed E-state index contributed by atoms with van der Waals surface area (Å²) in [5.74, 6) is -0.00303. The molecule has 0 atom stereocenters. The predicted molar refractivity (Wildman–Crippen MR) is 77.8 cm³/mol. The Morgan fingerprint density at radius 3 is 2.84 bits per heavy atom. The van der Waals surface area contributed by atoms with Gasteiger partial charge in [0.25, 0.3) is 5.91 Å². The highest BCUT2D eigenvalue weighted by atomic mass is 35.5. The van der Waals surface area contributed by atoms with Crippen molar-refractivity contribution in [2.24, 2.45) is 0 Å². The van der Waals surface area contributed by atoms with Crippen LogP contribution in [0.1, 0.15) is 41.7 Å². The van der Waals surface area contributed by atoms with Gasteiger partial charge in [-0.1, -0.05) is 24.4 Å². The Morgan fingerprint density at radius 2 is 2.11 bits per heavy atom. The van der Waals surface area contributed by atoms with Gasteiger partial charge in [0.2, 0.25) is 0 Å². The number of hydrogen-bond donors (Lipinski definition) is 2. The minimum Gasteiger partial charge on any atom is -0.350 e. The molecule has 1 aliphatic rings. The third-order valence-electron chi connectivity index (χ3n) is 3.94. The van der Waals surface area contributed by atoms with Crippen molar-refractivity contribution in [3.05, 3.63) is 34.5 Å². The zero-order chi connectivity index (χ0) is 13.4. The number of benzene rings is 1. The van der Waals surface area contributed by atoms with E-state index in [-0.39, 0.29) is 5.91 Å². The largest absolute Gasteiger partial charge is 0.350 e. The second kappa shape index (κ2) is 4.89. The molecule has 1 fully saturated rings. The second-order valence-electron chi connectivity index (χ2n) is 5.27. The maximum atomic E-state index is 12.3. The Kier molecular flexibility index (Phi) is 3.23. The molecular formula is C15H17ClN2O. The number of rotatable bonds is 2. The zero-order valence-corrected chi connectivity index (χ0v) is 11.7. The quantitative estimate of drug-likeness (QED) is 0.861. The lowest BCUT2D eigenvalue weighted by molar-refractivity contribution is 0.0933. The van der Waals surface area contributed by atoms with Crippen molar-refractivity contribution in [2.75, 3.05) is 0 Å². The fourth-order valence-electron chi connectivity index (χ4n) is 2.85. The van der Waals surface area contributed by atoms with Crippen LogP contribution >= 0.6 is 11.6 Å². The van der Waals surface area contributed by atoms with Gasteiger partial charge in [-0.05, 0) is 43.5 Å². The van der Waals surface area contributed by atoms with Crippen LogP contribution in [0.3, 0.4) is 0 Å². The summed E-state index contributed by atoms with van der Waals surface area (Å²) < 4.78 is 0. The van der Waals surface area contributed by atoms with Crippen molar-refractivity contribution in [1.82, 2.24) is 10.3 Å². The average Bonchev–Trinajstić information content (AvgIpc) is 2.98. The van der Waals surface area contributed by atoms with E-state index >= 15 is 0 Å². The van der Waals surface area contributed by atoms with Gasteiger partial charge in [0, 0.05) is 22.0 Å². The molecule has 19 heavy (non-hydrogen) atoms. The van der Waals surface area contributed by atoms with Gasteiger partial charge in [0.15, 0.2) is 0 Å². The lowest BCUT2D eigenvalue weighted by Gasteiger charge is -2.11. The number of halogens is 1. The molecule has 2 aromatic rings. The molecule has 0 bridgehead atoms. The summed E-state index contributed by atoms with van der Waals surface area (Å²) in [6.45, 7) is 1.96. The van der Waals surface area contributed by atoms with Crippen molar-refractivity contribution < 1.29 is 4.79 Å². The van der Waals surface area contributed by atoms with Gasteiger partial charge in [-0.15, -0.1) is 0 Å². The molecule has 1 amide bonds. The third kappa shape index (κ3) is 2.35. The Labute approximate surface area is 117 Å². The lowest BCUT2D eigenvalue weighted by Crippen LogP contribution is -2.33. The van der Waals surface area contributed by atoms with Crippen molar-refractivity contribution in [3.63, 3.8) is 0 Å². The Balaban J connectivity index is 1.91. The maximum Gasteiger partial charge on any atom is 0.268 e. The summed E-state index contributed by atoms with van der Waals surface area (Å²) >= 11 is 6.00. The van der Waals surface area contributed by atoms with Crippen LogP contribution in [-0.4, -0.2) is 16.9 Å². The van der Waals surface area contributed by atoms with Crippen LogP contribution in [0.5, 0.6) is 0 Å². The molecule has 2 N–H and O–H groups in total. The number of nitrogens with one attached hydrogen (secondary N) is 2. The van der Waals surface area contributed by atoms with Crippen LogP contribution in [0.2, 0.25) is 5.02 Å². The highest BCUT2D eigenvalue weighted by molar-refractivity contribution is 6.31. The van der Waals surface area contributed by atoms with E-state index in [4.69, 9.17) is 11.6 Å². The first-order valence-electron chi connectivity index (χ1n) is 6.74. The van der Waals surface area contributed by atoms with Crippen molar-refractivity contribution in [2.45, 2.75) is 38.6 Å². The zero-order valence-electron chi connectivity index (χ0n) is 10.9. The molecule has 1 aromatic heterocycles. The van der Waals surface area contributed by atoms with E-state index in [1.54, 1.807) is 0 Å². The summed E-state index contributed by atoms with van der Waals surface area (Å²) in [5, 5.41) is 4.82. The number of aromatic amines is 1. The van der Waals surface area contributed by atoms with Crippen molar-refractivity contribution in [3.8, 4) is 0 Å². The first kappa shape index (κ1) is 12.5. The van der Waals surface area contributed by atoms with Crippen LogP contribution in [-0.2, 0) is 0 Å². The molecular weight excluding hydrogens is 260 g/mol. The number of aryl methyl sites for hydroxylation is 1. The summed E-state index contributed by atoms with van der Waals surface area (Å²) in [6, 6.07) is 5.98. The predicted octanol–water partition coefficient (Wildman–Crippen LogP) is 3.80. The minimum absolute atomic E-state index is 0.00303. The number of aromatic nitrogens is 1. The number of H-pyrrole nitrogens is 1. The standard InChI is InChI=1S/C15H17ClN2O/c1-9-12-8-10(16)6-7-13(12)18-14(9)15(19)17-11-4-2-3-5-11/h6-8,11,18H,2-5H2,1H3,(H,17,19). The SMILES string of the molecule is Cc1c(C(=O)NC2CCCC2)[nH]c2ccc(Cl)cc12. The molecule has 3 nitrogen and oxygen atoms in total. The Hall–Kier alpha value is -1.48. The van der Waals surface area contributed by atoms with E-state index in [1.165, 1.54) is 12.8 Å². The highest BCUT2D eigenvalue weighted by Gasteiger charge is 2.20. The van der Waals surface area contributed by atoms with Gasteiger partial charge >= 0.3 is 0 Å². The first-order chi connectivity index (χ1) is 9.15. The van der Waals surface area contributed by atoms with Gasteiger partial charge in [-0.2, -0.15) is 0 Å². The summed E-state index contributed by atoms with van der Waals surface area (Å²) in [6.07, 6.45) is 4.62. The molecule has 4 heteroatoms. The molecule has 100 valence electrons. The minimum atomic E-state index is -0.00303. The summed E-state index contributed by atoms with van der Waals surface area (Å²) in [7, 11) is 0. The number of hydrogen-bond acceptors (Lipinski definition) is 1. The van der Waals surface area contributed by atoms with Gasteiger partial charge < -0.3 is 10.3 Å². The Bertz CT molecular complexity index is 626. The second-order valence-corrected chi connectivity index (χ2v) is 5.71. The molecule has 1 saturated carbocycles. The fourth-order valence-corrected chi connectivity index (χ4v) is 3.03. The number of carbonyl (C=O) groups is 1. The van der Waals surface area contributed by atoms with E-state index in [2.05, 4.69) is 10.3 Å². The topological polar surface area (TPSA) is 44.9 Å². The number of amides is 1. The van der Waals surface area contributed by atoms with E-state index in [0.717, 1.165) is 29.3 Å². The highest BCUT2D eigenvalue weighted by Crippen LogP contribution is 2.25. The molecule has 1 heterocycles. The number of carbonyl (C=O) groups excluding carboxylic acids is 1. The molecule has 3 rings (SSSR count). The van der Waals surface area contributed by atoms with Gasteiger partial charge in [0.05, 0.1) is 0 Å². The van der Waals surface area contributed by atoms with Crippen LogP contribution < -0.4 is 5.32 Å². The number of fused-ring (bicyclic) bond motifs is 1. The molecule has 0 radical (unpaired) electrons. The molecule has 0 aliphatic heterocycles. The van der Waals surface area contributed by atoms with Gasteiger partial charge in [-0.25, -0.2) is 0 Å². The van der Waals surface area contributed by atoms with Crippen molar-refractivity contribution >= 4 is 28.4 Å². The molecule has 0 saturated heterocycles. The van der Waals surface area contributed by atoms with Crippen molar-refractivity contribution in [1.29, 1.82) is 0 Å².